The summed E-state index contributed by atoms with van der Waals surface area (Å²) in [6, 6.07) is 9.57. The molecule has 2 atom stereocenters. The molecule has 21 heavy (non-hydrogen) atoms. The first kappa shape index (κ1) is 14.1. The minimum Gasteiger partial charge on any atom is -0.479 e. The number of amides is 1. The zero-order chi connectivity index (χ0) is 15.2. The summed E-state index contributed by atoms with van der Waals surface area (Å²) < 4.78 is 1.03. The second-order valence-corrected chi connectivity index (χ2v) is 7.02. The molecule has 2 unspecified atom stereocenters. The van der Waals surface area contributed by atoms with Gasteiger partial charge in [0.25, 0.3) is 5.91 Å². The number of rotatable bonds is 4. The Labute approximate surface area is 126 Å². The van der Waals surface area contributed by atoms with Crippen LogP contribution in [-0.2, 0) is 4.79 Å². The Kier molecular flexibility index (Phi) is 3.24. The summed E-state index contributed by atoms with van der Waals surface area (Å²) in [5, 5.41) is 13.2. The van der Waals surface area contributed by atoms with Crippen molar-refractivity contribution < 1.29 is 14.7 Å². The van der Waals surface area contributed by atoms with Crippen molar-refractivity contribution in [2.75, 3.05) is 0 Å². The van der Waals surface area contributed by atoms with Crippen LogP contribution in [0.15, 0.2) is 30.3 Å². The highest BCUT2D eigenvalue weighted by Gasteiger charge is 2.62. The first-order valence-corrected chi connectivity index (χ1v) is 7.80. The van der Waals surface area contributed by atoms with Crippen molar-refractivity contribution >= 4 is 33.3 Å². The van der Waals surface area contributed by atoms with E-state index in [1.54, 1.807) is 0 Å². The number of carbonyl (C=O) groups excluding carboxylic acids is 1. The van der Waals surface area contributed by atoms with E-state index in [1.165, 1.54) is 11.3 Å². The summed E-state index contributed by atoms with van der Waals surface area (Å²) in [5.74, 6) is -0.977. The molecule has 0 aliphatic heterocycles. The summed E-state index contributed by atoms with van der Waals surface area (Å²) >= 11 is 1.39. The molecule has 0 spiro atoms. The Morgan fingerprint density at radius 2 is 2.10 bits per heavy atom. The van der Waals surface area contributed by atoms with Gasteiger partial charge in [-0.15, -0.1) is 11.3 Å². The standard InChI is InChI=1S/C16H17NO3S/c1-9(2)11-8-16(11,15(19)20)17-14(18)13-7-10-5-3-4-6-12(10)21-13/h3-7,9,11H,8H2,1-2H3,(H,17,18)(H,19,20). The van der Waals surface area contributed by atoms with E-state index >= 15 is 0 Å². The number of carboxylic acid groups (broad SMARTS) is 1. The number of benzene rings is 1. The number of thiophene rings is 1. The maximum Gasteiger partial charge on any atom is 0.329 e. The van der Waals surface area contributed by atoms with Gasteiger partial charge in [-0.05, 0) is 35.8 Å². The molecular formula is C16H17NO3S. The van der Waals surface area contributed by atoms with Crippen LogP contribution in [-0.4, -0.2) is 22.5 Å². The van der Waals surface area contributed by atoms with Crippen molar-refractivity contribution in [2.45, 2.75) is 25.8 Å². The number of aliphatic carboxylic acids is 1. The van der Waals surface area contributed by atoms with Gasteiger partial charge in [0, 0.05) is 4.70 Å². The Bertz CT molecular complexity index is 688. The molecule has 1 aromatic carbocycles. The van der Waals surface area contributed by atoms with Gasteiger partial charge < -0.3 is 10.4 Å². The highest BCUT2D eigenvalue weighted by Crippen LogP contribution is 2.48. The molecule has 2 aromatic rings. The number of hydrogen-bond acceptors (Lipinski definition) is 3. The second kappa shape index (κ2) is 4.84. The van der Waals surface area contributed by atoms with Crippen LogP contribution in [0, 0.1) is 11.8 Å². The van der Waals surface area contributed by atoms with Gasteiger partial charge in [-0.3, -0.25) is 4.79 Å². The first-order valence-electron chi connectivity index (χ1n) is 6.98. The molecule has 0 saturated heterocycles. The fourth-order valence-corrected chi connectivity index (χ4v) is 3.85. The van der Waals surface area contributed by atoms with Gasteiger partial charge in [0.05, 0.1) is 4.88 Å². The molecule has 1 saturated carbocycles. The minimum atomic E-state index is -1.08. The van der Waals surface area contributed by atoms with E-state index in [9.17, 15) is 14.7 Å². The predicted octanol–water partition coefficient (Wildman–Crippen LogP) is 3.13. The zero-order valence-corrected chi connectivity index (χ0v) is 12.7. The van der Waals surface area contributed by atoms with Crippen LogP contribution in [0.25, 0.3) is 10.1 Å². The van der Waals surface area contributed by atoms with E-state index in [1.807, 2.05) is 44.2 Å². The third-order valence-electron chi connectivity index (χ3n) is 4.19. The number of nitrogens with one attached hydrogen (secondary N) is 1. The van der Waals surface area contributed by atoms with Crippen molar-refractivity contribution in [3.05, 3.63) is 35.2 Å². The fourth-order valence-electron chi connectivity index (χ4n) is 2.89. The molecule has 5 heteroatoms. The lowest BCUT2D eigenvalue weighted by Gasteiger charge is -2.15. The number of carboxylic acids is 1. The number of hydrogen-bond donors (Lipinski definition) is 2. The Morgan fingerprint density at radius 3 is 2.67 bits per heavy atom. The number of fused-ring (bicyclic) bond motifs is 1. The molecule has 110 valence electrons. The molecule has 4 nitrogen and oxygen atoms in total. The van der Waals surface area contributed by atoms with E-state index in [2.05, 4.69) is 5.32 Å². The third kappa shape index (κ3) is 2.31. The molecule has 0 bridgehead atoms. The molecule has 1 amide bonds. The Hall–Kier alpha value is -1.88. The molecule has 3 rings (SSSR count). The average molecular weight is 303 g/mol. The highest BCUT2D eigenvalue weighted by atomic mass is 32.1. The predicted molar refractivity (Wildman–Crippen MR) is 82.6 cm³/mol. The van der Waals surface area contributed by atoms with Gasteiger partial charge in [0.1, 0.15) is 5.54 Å². The summed E-state index contributed by atoms with van der Waals surface area (Å²) in [7, 11) is 0. The van der Waals surface area contributed by atoms with Gasteiger partial charge in [-0.25, -0.2) is 4.79 Å². The Morgan fingerprint density at radius 1 is 1.38 bits per heavy atom. The molecule has 1 aliphatic carbocycles. The normalized spacial score (nSPS) is 24.2. The molecule has 2 N–H and O–H groups in total. The van der Waals surface area contributed by atoms with Crippen LogP contribution in [0.2, 0.25) is 0 Å². The molecule has 1 aromatic heterocycles. The van der Waals surface area contributed by atoms with Gasteiger partial charge in [0.2, 0.25) is 0 Å². The molecule has 0 radical (unpaired) electrons. The summed E-state index contributed by atoms with van der Waals surface area (Å²) in [6.45, 7) is 3.97. The highest BCUT2D eigenvalue weighted by molar-refractivity contribution is 7.20. The lowest BCUT2D eigenvalue weighted by atomic mass is 10.0. The zero-order valence-electron chi connectivity index (χ0n) is 11.9. The van der Waals surface area contributed by atoms with Crippen molar-refractivity contribution in [1.29, 1.82) is 0 Å². The van der Waals surface area contributed by atoms with E-state index < -0.39 is 11.5 Å². The fraction of sp³-hybridized carbons (Fsp3) is 0.375. The molecule has 1 fully saturated rings. The van der Waals surface area contributed by atoms with Crippen molar-refractivity contribution in [3.63, 3.8) is 0 Å². The van der Waals surface area contributed by atoms with Crippen LogP contribution in [0.5, 0.6) is 0 Å². The van der Waals surface area contributed by atoms with Gasteiger partial charge >= 0.3 is 5.97 Å². The summed E-state index contributed by atoms with van der Waals surface area (Å²) in [5.41, 5.74) is -1.08. The lowest BCUT2D eigenvalue weighted by Crippen LogP contribution is -2.45. The van der Waals surface area contributed by atoms with E-state index in [4.69, 9.17) is 0 Å². The van der Waals surface area contributed by atoms with Crippen molar-refractivity contribution in [3.8, 4) is 0 Å². The summed E-state index contributed by atoms with van der Waals surface area (Å²) in [6.07, 6.45) is 0.511. The van der Waals surface area contributed by atoms with Crippen LogP contribution in [0.3, 0.4) is 0 Å². The minimum absolute atomic E-state index is 0.00771. The van der Waals surface area contributed by atoms with Gasteiger partial charge in [0.15, 0.2) is 0 Å². The average Bonchev–Trinajstić information content (AvgIpc) is 3.01. The van der Waals surface area contributed by atoms with Crippen molar-refractivity contribution in [2.24, 2.45) is 11.8 Å². The van der Waals surface area contributed by atoms with Crippen LogP contribution in [0.4, 0.5) is 0 Å². The number of carbonyl (C=O) groups is 2. The van der Waals surface area contributed by atoms with Crippen LogP contribution >= 0.6 is 11.3 Å². The van der Waals surface area contributed by atoms with Gasteiger partial charge in [-0.2, -0.15) is 0 Å². The van der Waals surface area contributed by atoms with Crippen LogP contribution in [0.1, 0.15) is 29.9 Å². The maximum absolute atomic E-state index is 12.4. The van der Waals surface area contributed by atoms with Crippen molar-refractivity contribution in [1.82, 2.24) is 5.32 Å². The van der Waals surface area contributed by atoms with E-state index in [-0.39, 0.29) is 17.7 Å². The summed E-state index contributed by atoms with van der Waals surface area (Å²) in [4.78, 5) is 24.5. The lowest BCUT2D eigenvalue weighted by molar-refractivity contribution is -0.141. The Balaban J connectivity index is 1.84. The molecule has 1 aliphatic rings. The maximum atomic E-state index is 12.4. The largest absolute Gasteiger partial charge is 0.479 e. The monoisotopic (exact) mass is 303 g/mol. The molecular weight excluding hydrogens is 286 g/mol. The van der Waals surface area contributed by atoms with Gasteiger partial charge in [-0.1, -0.05) is 32.0 Å². The second-order valence-electron chi connectivity index (χ2n) is 5.93. The SMILES string of the molecule is CC(C)C1CC1(NC(=O)c1cc2ccccc2s1)C(=O)O. The van der Waals surface area contributed by atoms with E-state index in [0.717, 1.165) is 10.1 Å². The molecule has 1 heterocycles. The third-order valence-corrected chi connectivity index (χ3v) is 5.30. The smallest absolute Gasteiger partial charge is 0.329 e. The topological polar surface area (TPSA) is 66.4 Å². The quantitative estimate of drug-likeness (QED) is 0.912. The van der Waals surface area contributed by atoms with Crippen LogP contribution < -0.4 is 5.32 Å². The van der Waals surface area contributed by atoms with E-state index in [0.29, 0.717) is 11.3 Å². The first-order chi connectivity index (χ1) is 9.94.